The van der Waals surface area contributed by atoms with Gasteiger partial charge >= 0.3 is 11.9 Å². The number of carbonyl (C=O) groups is 3. The molecular weight excluding hydrogens is 460 g/mol. The summed E-state index contributed by atoms with van der Waals surface area (Å²) in [5.41, 5.74) is -1.60. The van der Waals surface area contributed by atoms with Crippen LogP contribution < -0.4 is 5.32 Å². The number of carboxylic acid groups (broad SMARTS) is 1. The summed E-state index contributed by atoms with van der Waals surface area (Å²) in [4.78, 5) is 41.3. The molecule has 0 radical (unpaired) electrons. The fourth-order valence-corrected chi connectivity index (χ4v) is 5.91. The van der Waals surface area contributed by atoms with E-state index in [9.17, 15) is 19.5 Å². The Bertz CT molecular complexity index is 1000. The van der Waals surface area contributed by atoms with Gasteiger partial charge in [-0.1, -0.05) is 50.7 Å². The molecule has 9 heteroatoms. The number of hydrogen-bond donors (Lipinski definition) is 2. The first kappa shape index (κ1) is 23.6. The molecule has 2 fully saturated rings. The highest BCUT2D eigenvalue weighted by Crippen LogP contribution is 2.37. The lowest BCUT2D eigenvalue weighted by atomic mass is 9.81. The minimum atomic E-state index is -1.06. The SMILES string of the molecule is O=C(NC1(C(=O)O)CCCCC1)c1cccs1.O=C1OC(c2cccs2)=NC12CCCCC2. The highest BCUT2D eigenvalue weighted by atomic mass is 32.1. The number of cyclic esters (lactones) is 1. The third-order valence-electron chi connectivity index (χ3n) is 6.51. The van der Waals surface area contributed by atoms with E-state index in [-0.39, 0.29) is 11.9 Å². The molecule has 1 aliphatic heterocycles. The van der Waals surface area contributed by atoms with Crippen molar-refractivity contribution >= 4 is 46.4 Å². The van der Waals surface area contributed by atoms with Gasteiger partial charge in [-0.25, -0.2) is 14.6 Å². The number of amides is 1. The van der Waals surface area contributed by atoms with E-state index in [0.717, 1.165) is 49.8 Å². The molecule has 1 amide bonds. The molecule has 1 spiro atoms. The number of esters is 1. The Morgan fingerprint density at radius 2 is 1.58 bits per heavy atom. The van der Waals surface area contributed by atoms with Crippen molar-refractivity contribution in [3.05, 3.63) is 44.8 Å². The molecule has 0 atom stereocenters. The Morgan fingerprint density at radius 1 is 0.939 bits per heavy atom. The predicted molar refractivity (Wildman–Crippen MR) is 128 cm³/mol. The van der Waals surface area contributed by atoms with E-state index in [1.165, 1.54) is 17.8 Å². The van der Waals surface area contributed by atoms with Crippen LogP contribution >= 0.6 is 22.7 Å². The average molecular weight is 489 g/mol. The van der Waals surface area contributed by atoms with Gasteiger partial charge in [-0.15, -0.1) is 22.7 Å². The summed E-state index contributed by atoms with van der Waals surface area (Å²) in [5.74, 6) is -0.802. The molecule has 176 valence electrons. The fraction of sp³-hybridized carbons (Fsp3) is 0.500. The number of nitrogens with zero attached hydrogens (tertiary/aromatic N) is 1. The number of ether oxygens (including phenoxy) is 1. The number of carboxylic acids is 1. The number of thiophene rings is 2. The van der Waals surface area contributed by atoms with Gasteiger partial charge in [-0.2, -0.15) is 0 Å². The fourth-order valence-electron chi connectivity index (χ4n) is 4.64. The van der Waals surface area contributed by atoms with Crippen molar-refractivity contribution in [1.82, 2.24) is 5.32 Å². The molecule has 0 bridgehead atoms. The van der Waals surface area contributed by atoms with Gasteiger partial charge < -0.3 is 15.2 Å². The molecule has 0 aromatic carbocycles. The second-order valence-corrected chi connectivity index (χ2v) is 10.7. The number of aliphatic imine (C=N–C) groups is 1. The van der Waals surface area contributed by atoms with Gasteiger partial charge in [0.05, 0.1) is 9.75 Å². The topological polar surface area (TPSA) is 105 Å². The van der Waals surface area contributed by atoms with Crippen LogP contribution in [0.5, 0.6) is 0 Å². The summed E-state index contributed by atoms with van der Waals surface area (Å²) < 4.78 is 5.32. The van der Waals surface area contributed by atoms with E-state index in [0.29, 0.717) is 23.6 Å². The van der Waals surface area contributed by atoms with Crippen LogP contribution in [0.3, 0.4) is 0 Å². The molecule has 2 saturated carbocycles. The molecule has 3 heterocycles. The summed E-state index contributed by atoms with van der Waals surface area (Å²) in [6.07, 6.45) is 8.88. The van der Waals surface area contributed by atoms with Gasteiger partial charge in [0.25, 0.3) is 5.91 Å². The quantitative estimate of drug-likeness (QED) is 0.588. The van der Waals surface area contributed by atoms with Crippen molar-refractivity contribution < 1.29 is 24.2 Å². The molecule has 0 saturated heterocycles. The van der Waals surface area contributed by atoms with Crippen molar-refractivity contribution in [3.8, 4) is 0 Å². The molecule has 7 nitrogen and oxygen atoms in total. The molecule has 3 aliphatic rings. The first-order valence-corrected chi connectivity index (χ1v) is 13.2. The van der Waals surface area contributed by atoms with Gasteiger partial charge in [0, 0.05) is 0 Å². The van der Waals surface area contributed by atoms with Crippen molar-refractivity contribution in [1.29, 1.82) is 0 Å². The number of aliphatic carboxylic acids is 1. The van der Waals surface area contributed by atoms with Gasteiger partial charge in [-0.3, -0.25) is 4.79 Å². The van der Waals surface area contributed by atoms with Gasteiger partial charge in [0.1, 0.15) is 5.54 Å². The van der Waals surface area contributed by atoms with Crippen LogP contribution in [0.15, 0.2) is 40.0 Å². The Morgan fingerprint density at radius 3 is 2.15 bits per heavy atom. The zero-order valence-electron chi connectivity index (χ0n) is 18.4. The van der Waals surface area contributed by atoms with Crippen LogP contribution in [0.2, 0.25) is 0 Å². The predicted octanol–water partition coefficient (Wildman–Crippen LogP) is 5.02. The first-order valence-electron chi connectivity index (χ1n) is 11.4. The summed E-state index contributed by atoms with van der Waals surface area (Å²) in [6.45, 7) is 0. The zero-order chi connectivity index (χ0) is 23.3. The number of hydrogen-bond acceptors (Lipinski definition) is 7. The van der Waals surface area contributed by atoms with Crippen LogP contribution in [0.4, 0.5) is 0 Å². The lowest BCUT2D eigenvalue weighted by Crippen LogP contribution is -2.55. The lowest BCUT2D eigenvalue weighted by molar-refractivity contribution is -0.146. The van der Waals surface area contributed by atoms with E-state index < -0.39 is 17.0 Å². The highest BCUT2D eigenvalue weighted by molar-refractivity contribution is 7.12. The van der Waals surface area contributed by atoms with Crippen LogP contribution in [0, 0.1) is 0 Å². The normalized spacial score (nSPS) is 20.8. The summed E-state index contributed by atoms with van der Waals surface area (Å²) in [6, 6.07) is 7.38. The Labute approximate surface area is 200 Å². The molecule has 33 heavy (non-hydrogen) atoms. The zero-order valence-corrected chi connectivity index (χ0v) is 20.0. The summed E-state index contributed by atoms with van der Waals surface area (Å²) in [5, 5.41) is 15.8. The second kappa shape index (κ2) is 10.2. The molecule has 0 unspecified atom stereocenters. The van der Waals surface area contributed by atoms with E-state index in [1.807, 2.05) is 22.9 Å². The smallest absolute Gasteiger partial charge is 0.340 e. The Kier molecular flexibility index (Phi) is 7.29. The first-order chi connectivity index (χ1) is 15.9. The monoisotopic (exact) mass is 488 g/mol. The maximum absolute atomic E-state index is 11.9. The van der Waals surface area contributed by atoms with E-state index in [2.05, 4.69) is 10.3 Å². The largest absolute Gasteiger partial charge is 0.480 e. The number of rotatable bonds is 4. The van der Waals surface area contributed by atoms with E-state index >= 15 is 0 Å². The Hall–Kier alpha value is -2.52. The maximum atomic E-state index is 11.9. The molecule has 2 N–H and O–H groups in total. The van der Waals surface area contributed by atoms with E-state index in [4.69, 9.17) is 4.74 Å². The molecule has 2 aromatic heterocycles. The molecule has 5 rings (SSSR count). The van der Waals surface area contributed by atoms with Crippen LogP contribution in [-0.4, -0.2) is 39.9 Å². The third-order valence-corrected chi connectivity index (χ3v) is 8.24. The van der Waals surface area contributed by atoms with Gasteiger partial charge in [0.15, 0.2) is 5.54 Å². The Balaban J connectivity index is 0.000000157. The minimum absolute atomic E-state index is 0.143. The third kappa shape index (κ3) is 5.19. The summed E-state index contributed by atoms with van der Waals surface area (Å²) in [7, 11) is 0. The van der Waals surface area contributed by atoms with Crippen LogP contribution in [0.25, 0.3) is 0 Å². The maximum Gasteiger partial charge on any atom is 0.340 e. The molecule has 2 aliphatic carbocycles. The van der Waals surface area contributed by atoms with Crippen LogP contribution in [-0.2, 0) is 14.3 Å². The lowest BCUT2D eigenvalue weighted by Gasteiger charge is -2.33. The number of carbonyl (C=O) groups excluding carboxylic acids is 2. The van der Waals surface area contributed by atoms with Gasteiger partial charge in [0.2, 0.25) is 5.90 Å². The van der Waals surface area contributed by atoms with Crippen molar-refractivity contribution in [3.63, 3.8) is 0 Å². The standard InChI is InChI=1S/C12H15NO3S.C12H13NO2S/c14-10(9-5-4-8-17-9)13-12(11(15)16)6-2-1-3-7-12;14-11-12(6-2-1-3-7-12)13-10(15-11)9-5-4-8-16-9/h4-5,8H,1-3,6-7H2,(H,13,14)(H,15,16);4-5,8H,1-3,6-7H2. The average Bonchev–Trinajstić information content (AvgIpc) is 3.59. The summed E-state index contributed by atoms with van der Waals surface area (Å²) >= 11 is 2.89. The molecular formula is C24H28N2O5S2. The van der Waals surface area contributed by atoms with Crippen molar-refractivity contribution in [2.24, 2.45) is 4.99 Å². The minimum Gasteiger partial charge on any atom is -0.480 e. The van der Waals surface area contributed by atoms with Gasteiger partial charge in [-0.05, 0) is 48.6 Å². The van der Waals surface area contributed by atoms with Crippen molar-refractivity contribution in [2.75, 3.05) is 0 Å². The number of nitrogens with one attached hydrogen (secondary N) is 1. The molecule has 2 aromatic rings. The van der Waals surface area contributed by atoms with Crippen LogP contribution in [0.1, 0.15) is 78.8 Å². The van der Waals surface area contributed by atoms with E-state index in [1.54, 1.807) is 23.5 Å². The second-order valence-electron chi connectivity index (χ2n) is 8.76. The van der Waals surface area contributed by atoms with Crippen molar-refractivity contribution in [2.45, 2.75) is 75.3 Å². The highest BCUT2D eigenvalue weighted by Gasteiger charge is 2.46.